The van der Waals surface area contributed by atoms with Crippen molar-refractivity contribution >= 4 is 29.4 Å². The van der Waals surface area contributed by atoms with Gasteiger partial charge in [-0.1, -0.05) is 23.7 Å². The van der Waals surface area contributed by atoms with Crippen LogP contribution in [0.3, 0.4) is 0 Å². The maximum absolute atomic E-state index is 13.4. The van der Waals surface area contributed by atoms with Crippen LogP contribution < -0.4 is 16.3 Å². The molecule has 0 aliphatic rings. The number of rotatable bonds is 10. The number of carboxylic acids is 1. The average molecular weight is 652 g/mol. The highest BCUT2D eigenvalue weighted by atomic mass is 35.5. The molecule has 2 unspecified atom stereocenters. The molecule has 0 spiro atoms. The summed E-state index contributed by atoms with van der Waals surface area (Å²) in [6.45, 7) is -0.183. The number of hydrogen-bond acceptors (Lipinski definition) is 6. The Morgan fingerprint density at radius 1 is 1.02 bits per heavy atom. The van der Waals surface area contributed by atoms with Gasteiger partial charge in [-0.05, 0) is 55.8 Å². The van der Waals surface area contributed by atoms with Crippen molar-refractivity contribution in [2.24, 2.45) is 0 Å². The van der Waals surface area contributed by atoms with Gasteiger partial charge in [0, 0.05) is 10.6 Å². The largest absolute Gasteiger partial charge is 0.480 e. The Bertz CT molecular complexity index is 1600. The minimum Gasteiger partial charge on any atom is -0.480 e. The molecule has 2 aromatic carbocycles. The van der Waals surface area contributed by atoms with E-state index in [1.54, 1.807) is 0 Å². The highest BCUT2D eigenvalue weighted by Crippen LogP contribution is 2.31. The maximum Gasteiger partial charge on any atom is 0.416 e. The van der Waals surface area contributed by atoms with Gasteiger partial charge in [0.05, 0.1) is 12.1 Å². The number of aromatic nitrogens is 3. The van der Waals surface area contributed by atoms with Gasteiger partial charge in [0.15, 0.2) is 11.9 Å². The Morgan fingerprint density at radius 3 is 2.18 bits per heavy atom. The Kier molecular flexibility index (Phi) is 9.84. The van der Waals surface area contributed by atoms with E-state index >= 15 is 0 Å². The van der Waals surface area contributed by atoms with Gasteiger partial charge in [0.2, 0.25) is 11.8 Å². The van der Waals surface area contributed by atoms with Crippen LogP contribution in [0.5, 0.6) is 0 Å². The maximum atomic E-state index is 13.4. The van der Waals surface area contributed by atoms with Gasteiger partial charge < -0.3 is 20.8 Å². The number of carboxylic acid groups (broad SMARTS) is 1. The Hall–Kier alpha value is -4.38. The zero-order valence-electron chi connectivity index (χ0n) is 22.7. The van der Waals surface area contributed by atoms with Crippen molar-refractivity contribution in [2.75, 3.05) is 0 Å². The van der Waals surface area contributed by atoms with Crippen LogP contribution in [0.4, 0.5) is 26.3 Å². The lowest BCUT2D eigenvalue weighted by Crippen LogP contribution is -2.53. The van der Waals surface area contributed by atoms with E-state index in [0.717, 1.165) is 26.0 Å². The first-order valence-electron chi connectivity index (χ1n) is 12.4. The average Bonchev–Trinajstić information content (AvgIpc) is 3.20. The topological polar surface area (TPSA) is 156 Å². The molecule has 0 aliphatic carbocycles. The van der Waals surface area contributed by atoms with Crippen molar-refractivity contribution in [3.05, 3.63) is 75.2 Å². The number of hydrogen-bond donors (Lipinski definition) is 4. The van der Waals surface area contributed by atoms with Crippen LogP contribution in [0.2, 0.25) is 5.02 Å². The van der Waals surface area contributed by atoms with Crippen LogP contribution in [0.25, 0.3) is 11.4 Å². The van der Waals surface area contributed by atoms with Crippen LogP contribution in [0.1, 0.15) is 31.0 Å². The summed E-state index contributed by atoms with van der Waals surface area (Å²) in [6.07, 6.45) is -13.0. The number of halogens is 7. The molecule has 238 valence electrons. The number of aliphatic hydroxyl groups excluding tert-OH is 1. The second-order valence-electron chi connectivity index (χ2n) is 9.98. The number of benzene rings is 2. The first-order chi connectivity index (χ1) is 20.2. The summed E-state index contributed by atoms with van der Waals surface area (Å²) in [4.78, 5) is 50.7. The van der Waals surface area contributed by atoms with Crippen molar-refractivity contribution in [1.82, 2.24) is 25.0 Å². The highest BCUT2D eigenvalue weighted by Gasteiger charge is 2.40. The van der Waals surface area contributed by atoms with Crippen molar-refractivity contribution in [2.45, 2.75) is 57.0 Å². The van der Waals surface area contributed by atoms with Crippen LogP contribution >= 0.6 is 11.6 Å². The van der Waals surface area contributed by atoms with Gasteiger partial charge in [0.25, 0.3) is 0 Å². The summed E-state index contributed by atoms with van der Waals surface area (Å²) in [5, 5.41) is 27.3. The molecule has 0 saturated heterocycles. The first kappa shape index (κ1) is 34.1. The smallest absolute Gasteiger partial charge is 0.416 e. The number of nitrogens with one attached hydrogen (secondary N) is 2. The fraction of sp³-hybridized carbons (Fsp3) is 0.346. The number of alkyl halides is 6. The molecule has 4 N–H and O–H groups in total. The van der Waals surface area contributed by atoms with Gasteiger partial charge >= 0.3 is 24.0 Å². The van der Waals surface area contributed by atoms with Crippen LogP contribution in [0, 0.1) is 0 Å². The quantitative estimate of drug-likeness (QED) is 0.246. The van der Waals surface area contributed by atoms with E-state index in [2.05, 4.69) is 15.7 Å². The third-order valence-electron chi connectivity index (χ3n) is 6.14. The molecule has 3 rings (SSSR count). The summed E-state index contributed by atoms with van der Waals surface area (Å²) in [5.41, 5.74) is -4.72. The lowest BCUT2D eigenvalue weighted by atomic mass is 10.00. The normalized spacial score (nSPS) is 13.7. The molecule has 2 atom stereocenters. The van der Waals surface area contributed by atoms with E-state index in [-0.39, 0.29) is 10.6 Å². The summed E-state index contributed by atoms with van der Waals surface area (Å²) in [6, 6.07) is 6.64. The van der Waals surface area contributed by atoms with E-state index < -0.39 is 83.6 Å². The van der Waals surface area contributed by atoms with Crippen LogP contribution in [-0.4, -0.2) is 60.2 Å². The molecule has 0 fully saturated rings. The van der Waals surface area contributed by atoms with Gasteiger partial charge in [-0.15, -0.1) is 5.10 Å². The second-order valence-corrected chi connectivity index (χ2v) is 10.4. The Balaban J connectivity index is 2.01. The molecule has 2 amide bonds. The fourth-order valence-corrected chi connectivity index (χ4v) is 3.89. The van der Waals surface area contributed by atoms with Crippen molar-refractivity contribution in [3.63, 3.8) is 0 Å². The van der Waals surface area contributed by atoms with Crippen molar-refractivity contribution in [3.8, 4) is 11.4 Å². The van der Waals surface area contributed by atoms with Crippen molar-refractivity contribution in [1.29, 1.82) is 0 Å². The summed E-state index contributed by atoms with van der Waals surface area (Å²) in [5.74, 6) is -4.33. The lowest BCUT2D eigenvalue weighted by Gasteiger charge is -2.26. The third kappa shape index (κ3) is 8.16. The summed E-state index contributed by atoms with van der Waals surface area (Å²) >= 11 is 5.84. The Morgan fingerprint density at radius 2 is 1.64 bits per heavy atom. The van der Waals surface area contributed by atoms with Gasteiger partial charge in [-0.3, -0.25) is 14.2 Å². The molecule has 18 heteroatoms. The van der Waals surface area contributed by atoms with E-state index in [1.165, 1.54) is 24.3 Å². The molecule has 0 saturated carbocycles. The minimum absolute atomic E-state index is 0.0807. The minimum atomic E-state index is -5.12. The van der Waals surface area contributed by atoms with Gasteiger partial charge in [-0.25, -0.2) is 14.3 Å². The predicted molar refractivity (Wildman–Crippen MR) is 141 cm³/mol. The van der Waals surface area contributed by atoms with Crippen LogP contribution in [0.15, 0.2) is 53.3 Å². The zero-order valence-corrected chi connectivity index (χ0v) is 23.5. The van der Waals surface area contributed by atoms with E-state index in [9.17, 15) is 55.7 Å². The van der Waals surface area contributed by atoms with E-state index in [1.807, 2.05) is 0 Å². The molecular formula is C26H24ClF6N5O6. The SMILES string of the molecule is CC(C)(NC(=O)C(NC(=O)Cn1nc(-c2ccc(Cl)cc2)n(CC(O)C(F)(F)F)c1=O)c1cccc(C(F)(F)F)c1)C(=O)O. The number of carbonyl (C=O) groups is 3. The molecule has 0 radical (unpaired) electrons. The summed E-state index contributed by atoms with van der Waals surface area (Å²) < 4.78 is 80.3. The van der Waals surface area contributed by atoms with E-state index in [0.29, 0.717) is 21.4 Å². The predicted octanol–water partition coefficient (Wildman–Crippen LogP) is 3.14. The zero-order chi connectivity index (χ0) is 33.2. The molecule has 1 heterocycles. The monoisotopic (exact) mass is 651 g/mol. The van der Waals surface area contributed by atoms with Gasteiger partial charge in [0.1, 0.15) is 18.1 Å². The number of aliphatic hydroxyl groups is 1. The molecule has 44 heavy (non-hydrogen) atoms. The number of carbonyl (C=O) groups excluding carboxylic acids is 2. The first-order valence-corrected chi connectivity index (χ1v) is 12.8. The molecule has 3 aromatic rings. The molecule has 0 aliphatic heterocycles. The van der Waals surface area contributed by atoms with Crippen LogP contribution in [-0.2, 0) is 33.6 Å². The number of amides is 2. The molecule has 1 aromatic heterocycles. The third-order valence-corrected chi connectivity index (χ3v) is 6.39. The standard InChI is InChI=1S/C26H24ClF6N5O6/c1-24(2,22(42)43)35-21(41)19(14-4-3-5-15(10-14)25(28,29)30)34-18(40)12-38-23(44)37(11-17(39)26(31,32)33)20(36-38)13-6-8-16(27)9-7-13/h3-10,17,19,39H,11-12H2,1-2H3,(H,34,40)(H,35,41)(H,42,43). The molecular weight excluding hydrogens is 628 g/mol. The highest BCUT2D eigenvalue weighted by molar-refractivity contribution is 6.30. The molecule has 11 nitrogen and oxygen atoms in total. The second kappa shape index (κ2) is 12.7. The lowest BCUT2D eigenvalue weighted by molar-refractivity contribution is -0.207. The van der Waals surface area contributed by atoms with Gasteiger partial charge in [-0.2, -0.15) is 26.3 Å². The number of nitrogens with zero attached hydrogens (tertiary/aromatic N) is 3. The van der Waals surface area contributed by atoms with Crippen molar-refractivity contribution < 1.29 is 50.9 Å². The molecule has 0 bridgehead atoms. The fourth-order valence-electron chi connectivity index (χ4n) is 3.77. The number of aliphatic carboxylic acids is 1. The Labute approximate surface area is 249 Å². The summed E-state index contributed by atoms with van der Waals surface area (Å²) in [7, 11) is 0. The van der Waals surface area contributed by atoms with E-state index in [4.69, 9.17) is 11.6 Å².